The summed E-state index contributed by atoms with van der Waals surface area (Å²) in [5, 5.41) is 2.35. The molecular weight excluding hydrogens is 308 g/mol. The van der Waals surface area contributed by atoms with E-state index in [2.05, 4.69) is 63.1 Å². The van der Waals surface area contributed by atoms with E-state index in [0.29, 0.717) is 0 Å². The monoisotopic (exact) mass is 324 g/mol. The highest BCUT2D eigenvalue weighted by molar-refractivity contribution is 5.99. The van der Waals surface area contributed by atoms with E-state index >= 15 is 0 Å². The predicted molar refractivity (Wildman–Crippen MR) is 101 cm³/mol. The number of H-pyrrole nitrogens is 1. The molecule has 0 aliphatic carbocycles. The summed E-state index contributed by atoms with van der Waals surface area (Å²) in [6, 6.07) is 16.9. The Kier molecular flexibility index (Phi) is 2.97. The first-order chi connectivity index (χ1) is 12.3. The molecule has 4 nitrogen and oxygen atoms in total. The Morgan fingerprint density at radius 3 is 2.64 bits per heavy atom. The number of aromatic nitrogens is 4. The Morgan fingerprint density at radius 1 is 0.920 bits per heavy atom. The molecular formula is C21H16N4. The minimum atomic E-state index is 0.916. The van der Waals surface area contributed by atoms with Gasteiger partial charge in [0.2, 0.25) is 0 Å². The smallest absolute Gasteiger partial charge is 0.137 e. The van der Waals surface area contributed by atoms with Gasteiger partial charge in [-0.05, 0) is 53.6 Å². The van der Waals surface area contributed by atoms with Crippen molar-refractivity contribution in [3.63, 3.8) is 0 Å². The van der Waals surface area contributed by atoms with Crippen LogP contribution in [0.5, 0.6) is 0 Å². The van der Waals surface area contributed by atoms with Crippen molar-refractivity contribution >= 4 is 21.9 Å². The number of hydrogen-bond donors (Lipinski definition) is 1. The van der Waals surface area contributed by atoms with Crippen LogP contribution in [0.2, 0.25) is 0 Å². The molecule has 5 aromatic rings. The van der Waals surface area contributed by atoms with Gasteiger partial charge in [0.15, 0.2) is 0 Å². The summed E-state index contributed by atoms with van der Waals surface area (Å²) in [7, 11) is 2.08. The van der Waals surface area contributed by atoms with Gasteiger partial charge in [0.25, 0.3) is 0 Å². The van der Waals surface area contributed by atoms with Crippen LogP contribution in [0, 0.1) is 0 Å². The Bertz CT molecular complexity index is 1170. The summed E-state index contributed by atoms with van der Waals surface area (Å²) in [6.07, 6.45) is 7.64. The van der Waals surface area contributed by atoms with Crippen molar-refractivity contribution in [2.24, 2.45) is 7.05 Å². The summed E-state index contributed by atoms with van der Waals surface area (Å²) in [5.74, 6) is 0. The number of aromatic amines is 1. The Hall–Kier alpha value is -3.40. The van der Waals surface area contributed by atoms with Gasteiger partial charge in [0.1, 0.15) is 5.65 Å². The van der Waals surface area contributed by atoms with E-state index in [1.807, 2.05) is 36.8 Å². The van der Waals surface area contributed by atoms with Gasteiger partial charge in [-0.3, -0.25) is 4.98 Å². The molecule has 0 aliphatic heterocycles. The van der Waals surface area contributed by atoms with E-state index in [0.717, 1.165) is 16.7 Å². The van der Waals surface area contributed by atoms with Gasteiger partial charge >= 0.3 is 0 Å². The fourth-order valence-corrected chi connectivity index (χ4v) is 3.43. The third-order valence-corrected chi connectivity index (χ3v) is 4.69. The summed E-state index contributed by atoms with van der Waals surface area (Å²) >= 11 is 0. The molecule has 0 spiro atoms. The molecule has 4 heterocycles. The van der Waals surface area contributed by atoms with Crippen molar-refractivity contribution in [2.45, 2.75) is 0 Å². The van der Waals surface area contributed by atoms with E-state index in [1.165, 1.54) is 27.6 Å². The van der Waals surface area contributed by atoms with Crippen LogP contribution < -0.4 is 0 Å². The summed E-state index contributed by atoms with van der Waals surface area (Å²) in [6.45, 7) is 0. The zero-order valence-corrected chi connectivity index (χ0v) is 13.8. The highest BCUT2D eigenvalue weighted by atomic mass is 14.9. The van der Waals surface area contributed by atoms with Crippen molar-refractivity contribution in [1.82, 2.24) is 19.5 Å². The first-order valence-corrected chi connectivity index (χ1v) is 8.23. The van der Waals surface area contributed by atoms with Gasteiger partial charge in [-0.15, -0.1) is 0 Å². The number of benzene rings is 1. The molecule has 0 unspecified atom stereocenters. The normalized spacial score (nSPS) is 11.4. The first kappa shape index (κ1) is 14.0. The van der Waals surface area contributed by atoms with Gasteiger partial charge in [-0.2, -0.15) is 0 Å². The van der Waals surface area contributed by atoms with E-state index in [-0.39, 0.29) is 0 Å². The molecule has 4 heteroatoms. The topological polar surface area (TPSA) is 46.5 Å². The van der Waals surface area contributed by atoms with Crippen molar-refractivity contribution < 1.29 is 0 Å². The Morgan fingerprint density at radius 2 is 1.80 bits per heavy atom. The number of nitrogens with zero attached hydrogens (tertiary/aromatic N) is 3. The maximum Gasteiger partial charge on any atom is 0.137 e. The SMILES string of the molecule is Cn1cc(-c2cc3cccnc3[nH]2)c2cc(-c3ccncc3)ccc21. The zero-order chi connectivity index (χ0) is 16.8. The van der Waals surface area contributed by atoms with Gasteiger partial charge in [-0.1, -0.05) is 6.07 Å². The number of pyridine rings is 2. The minimum absolute atomic E-state index is 0.916. The number of aryl methyl sites for hydroxylation is 1. The van der Waals surface area contributed by atoms with Crippen molar-refractivity contribution in [2.75, 3.05) is 0 Å². The molecule has 5 rings (SSSR count). The molecule has 4 aromatic heterocycles. The highest BCUT2D eigenvalue weighted by Crippen LogP contribution is 2.34. The van der Waals surface area contributed by atoms with Crippen molar-refractivity contribution in [3.8, 4) is 22.4 Å². The van der Waals surface area contributed by atoms with Crippen LogP contribution in [0.4, 0.5) is 0 Å². The second-order valence-corrected chi connectivity index (χ2v) is 6.25. The van der Waals surface area contributed by atoms with E-state index < -0.39 is 0 Å². The van der Waals surface area contributed by atoms with Gasteiger partial charge < -0.3 is 9.55 Å². The second kappa shape index (κ2) is 5.31. The molecule has 1 aromatic carbocycles. The standard InChI is InChI=1S/C21H16N4/c1-25-13-18(19-12-16-3-2-8-23-21(16)24-19)17-11-15(4-5-20(17)25)14-6-9-22-10-7-14/h2-13H,1H3,(H,23,24). The molecule has 0 radical (unpaired) electrons. The van der Waals surface area contributed by atoms with Crippen LogP contribution >= 0.6 is 0 Å². The van der Waals surface area contributed by atoms with E-state index in [4.69, 9.17) is 0 Å². The molecule has 0 saturated carbocycles. The quantitative estimate of drug-likeness (QED) is 0.508. The maximum absolute atomic E-state index is 4.41. The number of rotatable bonds is 2. The van der Waals surface area contributed by atoms with Crippen LogP contribution in [-0.2, 0) is 7.05 Å². The van der Waals surface area contributed by atoms with Gasteiger partial charge in [0, 0.05) is 59.4 Å². The first-order valence-electron chi connectivity index (χ1n) is 8.23. The summed E-state index contributed by atoms with van der Waals surface area (Å²) in [5.41, 5.74) is 6.76. The average Bonchev–Trinajstić information content (AvgIpc) is 3.23. The summed E-state index contributed by atoms with van der Waals surface area (Å²) < 4.78 is 2.17. The van der Waals surface area contributed by atoms with Crippen LogP contribution in [0.15, 0.2) is 73.3 Å². The fraction of sp³-hybridized carbons (Fsp3) is 0.0476. The van der Waals surface area contributed by atoms with Crippen LogP contribution in [0.25, 0.3) is 44.3 Å². The third kappa shape index (κ3) is 2.22. The lowest BCUT2D eigenvalue weighted by Crippen LogP contribution is -1.84. The van der Waals surface area contributed by atoms with Crippen molar-refractivity contribution in [1.29, 1.82) is 0 Å². The molecule has 0 atom stereocenters. The van der Waals surface area contributed by atoms with E-state index in [9.17, 15) is 0 Å². The van der Waals surface area contributed by atoms with Crippen LogP contribution in [0.1, 0.15) is 0 Å². The maximum atomic E-state index is 4.41. The number of nitrogens with one attached hydrogen (secondary N) is 1. The lowest BCUT2D eigenvalue weighted by molar-refractivity contribution is 0.970. The van der Waals surface area contributed by atoms with Crippen LogP contribution in [0.3, 0.4) is 0 Å². The van der Waals surface area contributed by atoms with Gasteiger partial charge in [-0.25, -0.2) is 4.98 Å². The lowest BCUT2D eigenvalue weighted by Gasteiger charge is -2.03. The average molecular weight is 324 g/mol. The minimum Gasteiger partial charge on any atom is -0.350 e. The highest BCUT2D eigenvalue weighted by Gasteiger charge is 2.12. The Labute approximate surface area is 144 Å². The van der Waals surface area contributed by atoms with Crippen molar-refractivity contribution in [3.05, 3.63) is 73.3 Å². The number of fused-ring (bicyclic) bond motifs is 2. The molecule has 0 amide bonds. The molecule has 0 bridgehead atoms. The predicted octanol–water partition coefficient (Wildman–Crippen LogP) is 4.78. The van der Waals surface area contributed by atoms with Crippen LogP contribution in [-0.4, -0.2) is 19.5 Å². The van der Waals surface area contributed by atoms with Gasteiger partial charge in [0.05, 0.1) is 0 Å². The molecule has 0 fully saturated rings. The molecule has 120 valence electrons. The lowest BCUT2D eigenvalue weighted by atomic mass is 10.0. The molecule has 0 saturated heterocycles. The van der Waals surface area contributed by atoms with E-state index in [1.54, 1.807) is 0 Å². The molecule has 0 aliphatic rings. The molecule has 1 N–H and O–H groups in total. The third-order valence-electron chi connectivity index (χ3n) is 4.69. The fourth-order valence-electron chi connectivity index (χ4n) is 3.43. The second-order valence-electron chi connectivity index (χ2n) is 6.25. The summed E-state index contributed by atoms with van der Waals surface area (Å²) in [4.78, 5) is 12.0. The number of hydrogen-bond acceptors (Lipinski definition) is 2. The molecule has 25 heavy (non-hydrogen) atoms. The largest absolute Gasteiger partial charge is 0.350 e. The Balaban J connectivity index is 1.75. The zero-order valence-electron chi connectivity index (χ0n) is 13.8.